The minimum atomic E-state index is -0.222. The lowest BCUT2D eigenvalue weighted by molar-refractivity contribution is -0.917. The normalized spacial score (nSPS) is 16.2. The average molecular weight is 358 g/mol. The van der Waals surface area contributed by atoms with Gasteiger partial charge in [-0.1, -0.05) is 12.1 Å². The summed E-state index contributed by atoms with van der Waals surface area (Å²) in [6.45, 7) is 4.53. The number of benzene rings is 1. The van der Waals surface area contributed by atoms with Crippen molar-refractivity contribution in [3.63, 3.8) is 0 Å². The van der Waals surface area contributed by atoms with Gasteiger partial charge in [-0.3, -0.25) is 9.59 Å². The summed E-state index contributed by atoms with van der Waals surface area (Å²) in [7, 11) is 1.58. The molecule has 1 atom stereocenters. The van der Waals surface area contributed by atoms with Gasteiger partial charge in [0.1, 0.15) is 5.75 Å². The number of methoxy groups -OCH3 is 1. The van der Waals surface area contributed by atoms with Gasteiger partial charge in [0.2, 0.25) is 0 Å². The van der Waals surface area contributed by atoms with Crippen LogP contribution in [0.25, 0.3) is 0 Å². The molecule has 0 aliphatic carbocycles. The fourth-order valence-corrected chi connectivity index (χ4v) is 3.16. The molecule has 2 N–H and O–H groups in total. The minimum absolute atomic E-state index is 0.0599. The van der Waals surface area contributed by atoms with E-state index >= 15 is 0 Å². The molecule has 1 aromatic carbocycles. The maximum Gasteiger partial charge on any atom is 0.289 e. The monoisotopic (exact) mass is 358 g/mol. The molecule has 3 rings (SSSR count). The maximum atomic E-state index is 12.6. The van der Waals surface area contributed by atoms with Crippen LogP contribution >= 0.6 is 0 Å². The number of amides is 2. The third kappa shape index (κ3) is 3.88. The van der Waals surface area contributed by atoms with Crippen LogP contribution in [0.4, 0.5) is 5.69 Å². The smallest absolute Gasteiger partial charge is 0.289 e. The molecule has 0 saturated carbocycles. The Labute approximate surface area is 152 Å². The molecule has 7 nitrogen and oxygen atoms in total. The molecular weight excluding hydrogens is 334 g/mol. The van der Waals surface area contributed by atoms with Crippen molar-refractivity contribution in [2.24, 2.45) is 0 Å². The van der Waals surface area contributed by atoms with Crippen molar-refractivity contribution in [3.05, 3.63) is 48.4 Å². The second-order valence-corrected chi connectivity index (χ2v) is 6.34. The molecule has 7 heteroatoms. The van der Waals surface area contributed by atoms with Gasteiger partial charge in [-0.25, -0.2) is 0 Å². The van der Waals surface area contributed by atoms with Gasteiger partial charge in [-0.05, 0) is 31.2 Å². The summed E-state index contributed by atoms with van der Waals surface area (Å²) in [4.78, 5) is 27.8. The SMILES string of the molecule is COc1ccccc1NC(=O)[C@@H](C)[NH+]1CCN(C(=O)c2ccco2)CC1. The van der Waals surface area contributed by atoms with Crippen molar-refractivity contribution in [1.29, 1.82) is 0 Å². The third-order valence-corrected chi connectivity index (χ3v) is 4.80. The maximum absolute atomic E-state index is 12.6. The van der Waals surface area contributed by atoms with Crippen LogP contribution in [0, 0.1) is 0 Å². The minimum Gasteiger partial charge on any atom is -0.495 e. The first-order chi connectivity index (χ1) is 12.6. The molecular formula is C19H24N3O4+. The largest absolute Gasteiger partial charge is 0.495 e. The number of carbonyl (C=O) groups is 2. The number of nitrogens with one attached hydrogen (secondary N) is 2. The topological polar surface area (TPSA) is 76.2 Å². The van der Waals surface area contributed by atoms with E-state index in [1.165, 1.54) is 6.26 Å². The lowest BCUT2D eigenvalue weighted by Gasteiger charge is -2.34. The first-order valence-corrected chi connectivity index (χ1v) is 8.71. The van der Waals surface area contributed by atoms with E-state index in [0.29, 0.717) is 43.4 Å². The van der Waals surface area contributed by atoms with Gasteiger partial charge in [0.25, 0.3) is 11.8 Å². The molecule has 2 amide bonds. The molecule has 1 saturated heterocycles. The number of carbonyl (C=O) groups excluding carboxylic acids is 2. The molecule has 2 aromatic rings. The molecule has 26 heavy (non-hydrogen) atoms. The second-order valence-electron chi connectivity index (χ2n) is 6.34. The van der Waals surface area contributed by atoms with Gasteiger partial charge in [0, 0.05) is 0 Å². The van der Waals surface area contributed by atoms with Crippen molar-refractivity contribution >= 4 is 17.5 Å². The van der Waals surface area contributed by atoms with Gasteiger partial charge in [0.05, 0.1) is 45.2 Å². The van der Waals surface area contributed by atoms with Crippen LogP contribution in [0.3, 0.4) is 0 Å². The Morgan fingerprint density at radius 1 is 1.19 bits per heavy atom. The second kappa shape index (κ2) is 8.05. The van der Waals surface area contributed by atoms with Crippen molar-refractivity contribution in [3.8, 4) is 5.75 Å². The van der Waals surface area contributed by atoms with E-state index in [0.717, 1.165) is 4.90 Å². The molecule has 0 radical (unpaired) electrons. The van der Waals surface area contributed by atoms with Crippen molar-refractivity contribution in [1.82, 2.24) is 4.90 Å². The Morgan fingerprint density at radius 3 is 2.58 bits per heavy atom. The number of piperazine rings is 1. The first kappa shape index (κ1) is 18.0. The van der Waals surface area contributed by atoms with E-state index in [1.54, 1.807) is 24.1 Å². The summed E-state index contributed by atoms with van der Waals surface area (Å²) in [6, 6.07) is 10.5. The molecule has 1 aliphatic rings. The third-order valence-electron chi connectivity index (χ3n) is 4.80. The number of anilines is 1. The fourth-order valence-electron chi connectivity index (χ4n) is 3.16. The molecule has 1 fully saturated rings. The summed E-state index contributed by atoms with van der Waals surface area (Å²) in [5.74, 6) is 0.836. The number of nitrogens with zero attached hydrogens (tertiary/aromatic N) is 1. The predicted molar refractivity (Wildman–Crippen MR) is 96.4 cm³/mol. The van der Waals surface area contributed by atoms with E-state index in [9.17, 15) is 9.59 Å². The highest BCUT2D eigenvalue weighted by Gasteiger charge is 2.32. The molecule has 0 bridgehead atoms. The van der Waals surface area contributed by atoms with Crippen LogP contribution in [-0.2, 0) is 4.79 Å². The van der Waals surface area contributed by atoms with Gasteiger partial charge >= 0.3 is 0 Å². The molecule has 0 unspecified atom stereocenters. The zero-order valence-corrected chi connectivity index (χ0v) is 15.0. The molecule has 2 heterocycles. The van der Waals surface area contributed by atoms with Crippen molar-refractivity contribution < 1.29 is 23.6 Å². The molecule has 0 spiro atoms. The highest BCUT2D eigenvalue weighted by atomic mass is 16.5. The lowest BCUT2D eigenvalue weighted by Crippen LogP contribution is -3.19. The van der Waals surface area contributed by atoms with Crippen LogP contribution in [-0.4, -0.2) is 56.0 Å². The summed E-state index contributed by atoms with van der Waals surface area (Å²) in [5, 5.41) is 2.93. The Bertz CT molecular complexity index is 752. The van der Waals surface area contributed by atoms with E-state index in [4.69, 9.17) is 9.15 Å². The summed E-state index contributed by atoms with van der Waals surface area (Å²) >= 11 is 0. The number of quaternary nitrogens is 1. The highest BCUT2D eigenvalue weighted by molar-refractivity contribution is 5.95. The summed E-state index contributed by atoms with van der Waals surface area (Å²) in [5.41, 5.74) is 0.665. The zero-order chi connectivity index (χ0) is 18.5. The Balaban J connectivity index is 1.55. The summed E-state index contributed by atoms with van der Waals surface area (Å²) in [6.07, 6.45) is 1.50. The summed E-state index contributed by atoms with van der Waals surface area (Å²) < 4.78 is 10.4. The van der Waals surface area contributed by atoms with Crippen molar-refractivity contribution in [2.75, 3.05) is 38.6 Å². The average Bonchev–Trinajstić information content (AvgIpc) is 3.22. The predicted octanol–water partition coefficient (Wildman–Crippen LogP) is 0.656. The number of para-hydroxylation sites is 2. The molecule has 1 aliphatic heterocycles. The Morgan fingerprint density at radius 2 is 1.92 bits per heavy atom. The quantitative estimate of drug-likeness (QED) is 0.823. The van der Waals surface area contributed by atoms with E-state index < -0.39 is 0 Å². The molecule has 138 valence electrons. The number of ether oxygens (including phenoxy) is 1. The highest BCUT2D eigenvalue weighted by Crippen LogP contribution is 2.22. The van der Waals surface area contributed by atoms with Crippen LogP contribution < -0.4 is 15.0 Å². The standard InChI is InChI=1S/C19H23N3O4/c1-14(18(23)20-15-6-3-4-7-16(15)25-2)21-9-11-22(12-10-21)19(24)17-8-5-13-26-17/h3-8,13-14H,9-12H2,1-2H3,(H,20,23)/p+1/t14-/m1/s1. The number of hydrogen-bond donors (Lipinski definition) is 2. The van der Waals surface area contributed by atoms with Gasteiger partial charge in [0.15, 0.2) is 11.8 Å². The Hall–Kier alpha value is -2.80. The Kier molecular flexibility index (Phi) is 5.58. The lowest BCUT2D eigenvalue weighted by atomic mass is 10.2. The molecule has 1 aromatic heterocycles. The first-order valence-electron chi connectivity index (χ1n) is 8.71. The van der Waals surface area contributed by atoms with Crippen LogP contribution in [0.1, 0.15) is 17.5 Å². The van der Waals surface area contributed by atoms with E-state index in [1.807, 2.05) is 31.2 Å². The van der Waals surface area contributed by atoms with E-state index in [2.05, 4.69) is 5.32 Å². The van der Waals surface area contributed by atoms with Crippen LogP contribution in [0.2, 0.25) is 0 Å². The number of hydrogen-bond acceptors (Lipinski definition) is 4. The number of rotatable bonds is 5. The number of furan rings is 1. The van der Waals surface area contributed by atoms with Gasteiger partial charge in [-0.15, -0.1) is 0 Å². The van der Waals surface area contributed by atoms with E-state index in [-0.39, 0.29) is 17.9 Å². The van der Waals surface area contributed by atoms with Crippen molar-refractivity contribution in [2.45, 2.75) is 13.0 Å². The zero-order valence-electron chi connectivity index (χ0n) is 15.0. The van der Waals surface area contributed by atoms with Gasteiger partial charge < -0.3 is 24.3 Å². The van der Waals surface area contributed by atoms with Crippen LogP contribution in [0.5, 0.6) is 5.75 Å². The fraction of sp³-hybridized carbons (Fsp3) is 0.368. The van der Waals surface area contributed by atoms with Gasteiger partial charge in [-0.2, -0.15) is 0 Å². The van der Waals surface area contributed by atoms with Crippen LogP contribution in [0.15, 0.2) is 47.1 Å².